The Morgan fingerprint density at radius 2 is 2.21 bits per heavy atom. The minimum Gasteiger partial charge on any atom is -0.486 e. The molecule has 2 aliphatic heterocycles. The van der Waals surface area contributed by atoms with Crippen molar-refractivity contribution in [2.24, 2.45) is 0 Å². The van der Waals surface area contributed by atoms with Crippen LogP contribution in [0, 0.1) is 0 Å². The lowest BCUT2D eigenvalue weighted by atomic mass is 10.1. The van der Waals surface area contributed by atoms with Crippen LogP contribution in [-0.2, 0) is 6.54 Å². The van der Waals surface area contributed by atoms with Crippen LogP contribution in [0.25, 0.3) is 0 Å². The predicted octanol–water partition coefficient (Wildman–Crippen LogP) is 1.90. The number of nitrogens with one attached hydrogen (secondary N) is 1. The fraction of sp³-hybridized carbons (Fsp3) is 0.571. The molecule has 0 spiro atoms. The molecule has 4 nitrogen and oxygen atoms in total. The van der Waals surface area contributed by atoms with Crippen molar-refractivity contribution in [1.29, 1.82) is 0 Å². The second-order valence-electron chi connectivity index (χ2n) is 5.23. The lowest BCUT2D eigenvalue weighted by Gasteiger charge is -2.21. The van der Waals surface area contributed by atoms with Crippen LogP contribution in [-0.4, -0.2) is 44.3 Å². The first-order valence-electron chi connectivity index (χ1n) is 6.72. The SMILES string of the molecule is CN1CCC(NCc2cc(Cl)c3c(c2)OCCO3)C1. The number of hydrogen-bond donors (Lipinski definition) is 1. The van der Waals surface area contributed by atoms with E-state index in [0.29, 0.717) is 30.0 Å². The minimum absolute atomic E-state index is 0.567. The molecule has 1 aromatic carbocycles. The number of hydrogen-bond acceptors (Lipinski definition) is 4. The van der Waals surface area contributed by atoms with Crippen LogP contribution in [0.2, 0.25) is 5.02 Å². The average Bonchev–Trinajstić information content (AvgIpc) is 2.82. The molecule has 1 atom stereocenters. The number of benzene rings is 1. The molecular weight excluding hydrogens is 264 g/mol. The summed E-state index contributed by atoms with van der Waals surface area (Å²) in [5.74, 6) is 1.44. The first-order valence-corrected chi connectivity index (χ1v) is 7.10. The zero-order valence-electron chi connectivity index (χ0n) is 11.1. The van der Waals surface area contributed by atoms with Gasteiger partial charge in [0.2, 0.25) is 0 Å². The van der Waals surface area contributed by atoms with Crippen molar-refractivity contribution in [2.75, 3.05) is 33.4 Å². The molecule has 1 saturated heterocycles. The second kappa shape index (κ2) is 5.57. The van der Waals surface area contributed by atoms with E-state index in [9.17, 15) is 0 Å². The van der Waals surface area contributed by atoms with Gasteiger partial charge in [-0.1, -0.05) is 11.6 Å². The minimum atomic E-state index is 0.567. The van der Waals surface area contributed by atoms with Crippen LogP contribution in [0.15, 0.2) is 12.1 Å². The van der Waals surface area contributed by atoms with Crippen LogP contribution < -0.4 is 14.8 Å². The number of nitrogens with zero attached hydrogens (tertiary/aromatic N) is 1. The summed E-state index contributed by atoms with van der Waals surface area (Å²) < 4.78 is 11.1. The Bertz CT molecular complexity index is 467. The van der Waals surface area contributed by atoms with Crippen LogP contribution in [0.1, 0.15) is 12.0 Å². The van der Waals surface area contributed by atoms with Crippen molar-refractivity contribution < 1.29 is 9.47 Å². The van der Waals surface area contributed by atoms with E-state index in [1.54, 1.807) is 0 Å². The van der Waals surface area contributed by atoms with Crippen molar-refractivity contribution in [3.8, 4) is 11.5 Å². The summed E-state index contributed by atoms with van der Waals surface area (Å²) in [6.07, 6.45) is 1.20. The van der Waals surface area contributed by atoms with E-state index >= 15 is 0 Å². The lowest BCUT2D eigenvalue weighted by molar-refractivity contribution is 0.171. The zero-order valence-corrected chi connectivity index (χ0v) is 11.9. The monoisotopic (exact) mass is 282 g/mol. The highest BCUT2D eigenvalue weighted by molar-refractivity contribution is 6.32. The van der Waals surface area contributed by atoms with Crippen molar-refractivity contribution in [1.82, 2.24) is 10.2 Å². The maximum atomic E-state index is 6.22. The van der Waals surface area contributed by atoms with Gasteiger partial charge < -0.3 is 19.7 Å². The van der Waals surface area contributed by atoms with Gasteiger partial charge in [0.05, 0.1) is 5.02 Å². The molecule has 2 aliphatic rings. The second-order valence-corrected chi connectivity index (χ2v) is 5.64. The van der Waals surface area contributed by atoms with Gasteiger partial charge in [-0.25, -0.2) is 0 Å². The number of likely N-dealkylation sites (tertiary alicyclic amines) is 1. The van der Waals surface area contributed by atoms with Gasteiger partial charge in [-0.15, -0.1) is 0 Å². The molecule has 104 valence electrons. The molecule has 1 unspecified atom stereocenters. The number of ether oxygens (including phenoxy) is 2. The highest BCUT2D eigenvalue weighted by Crippen LogP contribution is 2.38. The summed E-state index contributed by atoms with van der Waals surface area (Å²) >= 11 is 6.22. The third-order valence-electron chi connectivity index (χ3n) is 3.64. The highest BCUT2D eigenvalue weighted by Gasteiger charge is 2.20. The molecule has 0 amide bonds. The number of likely N-dealkylation sites (N-methyl/N-ethyl adjacent to an activating group) is 1. The quantitative estimate of drug-likeness (QED) is 0.918. The van der Waals surface area contributed by atoms with E-state index in [1.165, 1.54) is 13.0 Å². The summed E-state index contributed by atoms with van der Waals surface area (Å²) in [5, 5.41) is 4.20. The van der Waals surface area contributed by atoms with E-state index in [1.807, 2.05) is 12.1 Å². The largest absolute Gasteiger partial charge is 0.486 e. The standard InChI is InChI=1S/C14H19ClN2O2/c1-17-3-2-11(9-17)16-8-10-6-12(15)14-13(7-10)18-4-5-19-14/h6-7,11,16H,2-5,8-9H2,1H3. The maximum Gasteiger partial charge on any atom is 0.179 e. The third-order valence-corrected chi connectivity index (χ3v) is 3.92. The van der Waals surface area contributed by atoms with E-state index < -0.39 is 0 Å². The summed E-state index contributed by atoms with van der Waals surface area (Å²) in [7, 11) is 2.16. The van der Waals surface area contributed by atoms with Crippen molar-refractivity contribution in [2.45, 2.75) is 19.0 Å². The summed E-state index contributed by atoms with van der Waals surface area (Å²) in [5.41, 5.74) is 1.14. The fourth-order valence-electron chi connectivity index (χ4n) is 2.63. The molecule has 1 aromatic rings. The Morgan fingerprint density at radius 3 is 3.00 bits per heavy atom. The van der Waals surface area contributed by atoms with Crippen LogP contribution in [0.4, 0.5) is 0 Å². The van der Waals surface area contributed by atoms with E-state index in [4.69, 9.17) is 21.1 Å². The Kier molecular flexibility index (Phi) is 3.82. The molecule has 1 fully saturated rings. The van der Waals surface area contributed by atoms with Gasteiger partial charge in [-0.2, -0.15) is 0 Å². The van der Waals surface area contributed by atoms with E-state index in [2.05, 4.69) is 17.3 Å². The summed E-state index contributed by atoms with van der Waals surface area (Å²) in [4.78, 5) is 2.34. The molecule has 0 aliphatic carbocycles. The van der Waals surface area contributed by atoms with Crippen LogP contribution >= 0.6 is 11.6 Å². The van der Waals surface area contributed by atoms with Gasteiger partial charge >= 0.3 is 0 Å². The topological polar surface area (TPSA) is 33.7 Å². The molecule has 0 radical (unpaired) electrons. The van der Waals surface area contributed by atoms with Crippen molar-refractivity contribution in [3.05, 3.63) is 22.7 Å². The Labute approximate surface area is 118 Å². The molecule has 1 N–H and O–H groups in total. The van der Waals surface area contributed by atoms with Crippen molar-refractivity contribution >= 4 is 11.6 Å². The molecule has 5 heteroatoms. The van der Waals surface area contributed by atoms with Gasteiger partial charge in [-0.3, -0.25) is 0 Å². The van der Waals surface area contributed by atoms with Crippen LogP contribution in [0.5, 0.6) is 11.5 Å². The van der Waals surface area contributed by atoms with Gasteiger partial charge in [0.25, 0.3) is 0 Å². The Morgan fingerprint density at radius 1 is 1.37 bits per heavy atom. The summed E-state index contributed by atoms with van der Waals surface area (Å²) in [6, 6.07) is 4.55. The predicted molar refractivity (Wildman–Crippen MR) is 75.2 cm³/mol. The highest BCUT2D eigenvalue weighted by atomic mass is 35.5. The Hall–Kier alpha value is -0.970. The van der Waals surface area contributed by atoms with Gasteiger partial charge in [-0.05, 0) is 37.7 Å². The van der Waals surface area contributed by atoms with Gasteiger partial charge in [0.15, 0.2) is 11.5 Å². The van der Waals surface area contributed by atoms with Crippen molar-refractivity contribution in [3.63, 3.8) is 0 Å². The lowest BCUT2D eigenvalue weighted by Crippen LogP contribution is -2.31. The molecule has 0 bridgehead atoms. The summed E-state index contributed by atoms with van der Waals surface area (Å²) in [6.45, 7) is 4.25. The van der Waals surface area contributed by atoms with Crippen LogP contribution in [0.3, 0.4) is 0 Å². The normalized spacial score (nSPS) is 22.7. The Balaban J connectivity index is 1.66. The third kappa shape index (κ3) is 2.96. The van der Waals surface area contributed by atoms with E-state index in [-0.39, 0.29) is 0 Å². The number of fused-ring (bicyclic) bond motifs is 1. The molecule has 2 heterocycles. The molecule has 0 aromatic heterocycles. The van der Waals surface area contributed by atoms with Gasteiger partial charge in [0.1, 0.15) is 13.2 Å². The van der Waals surface area contributed by atoms with E-state index in [0.717, 1.165) is 24.4 Å². The first kappa shape index (κ1) is 13.0. The first-order chi connectivity index (χ1) is 9.22. The number of halogens is 1. The smallest absolute Gasteiger partial charge is 0.179 e. The average molecular weight is 283 g/mol. The zero-order chi connectivity index (χ0) is 13.2. The maximum absolute atomic E-state index is 6.22. The molecule has 0 saturated carbocycles. The number of rotatable bonds is 3. The molecular formula is C14H19ClN2O2. The molecule has 19 heavy (non-hydrogen) atoms. The van der Waals surface area contributed by atoms with Gasteiger partial charge in [0, 0.05) is 19.1 Å². The fourth-order valence-corrected chi connectivity index (χ4v) is 2.92. The molecule has 3 rings (SSSR count).